The third-order valence-electron chi connectivity index (χ3n) is 3.44. The van der Waals surface area contributed by atoms with Gasteiger partial charge in [-0.3, -0.25) is 0 Å². The molecule has 21 heavy (non-hydrogen) atoms. The summed E-state index contributed by atoms with van der Waals surface area (Å²) < 4.78 is 45.2. The second kappa shape index (κ2) is 5.77. The zero-order valence-electron chi connectivity index (χ0n) is 11.9. The van der Waals surface area contributed by atoms with E-state index in [1.165, 1.54) is 7.11 Å². The van der Waals surface area contributed by atoms with Crippen LogP contribution in [0.4, 0.5) is 13.2 Å². The molecule has 0 saturated heterocycles. The van der Waals surface area contributed by atoms with Gasteiger partial charge in [0.15, 0.2) is 17.5 Å². The minimum Gasteiger partial charge on any atom is -0.496 e. The molecule has 0 radical (unpaired) electrons. The maximum atomic E-state index is 13.8. The molecule has 0 aromatic heterocycles. The molecule has 112 valence electrons. The number of methoxy groups -OCH3 is 1. The summed E-state index contributed by atoms with van der Waals surface area (Å²) in [4.78, 5) is 0. The van der Waals surface area contributed by atoms with Crippen LogP contribution in [0.3, 0.4) is 0 Å². The standard InChI is InChI=1S/C16H15F3O2/c1-8-7-13(21-3)9(2)6-11(8)16(20)10-4-5-12(17)15(19)14(10)18/h4-7,16,20H,1-3H3. The molecule has 0 aliphatic heterocycles. The van der Waals surface area contributed by atoms with E-state index < -0.39 is 23.6 Å². The lowest BCUT2D eigenvalue weighted by Gasteiger charge is -2.17. The highest BCUT2D eigenvalue weighted by atomic mass is 19.2. The lowest BCUT2D eigenvalue weighted by atomic mass is 9.95. The highest BCUT2D eigenvalue weighted by Crippen LogP contribution is 2.32. The highest BCUT2D eigenvalue weighted by molar-refractivity contribution is 5.45. The largest absolute Gasteiger partial charge is 0.496 e. The Hall–Kier alpha value is -2.01. The summed E-state index contributed by atoms with van der Waals surface area (Å²) in [7, 11) is 1.52. The fraction of sp³-hybridized carbons (Fsp3) is 0.250. The molecule has 0 aliphatic rings. The van der Waals surface area contributed by atoms with Crippen LogP contribution in [0.5, 0.6) is 5.75 Å². The van der Waals surface area contributed by atoms with Crippen molar-refractivity contribution in [1.29, 1.82) is 0 Å². The molecular weight excluding hydrogens is 281 g/mol. The van der Waals surface area contributed by atoms with Crippen LogP contribution >= 0.6 is 0 Å². The molecule has 2 nitrogen and oxygen atoms in total. The molecule has 1 unspecified atom stereocenters. The molecule has 5 heteroatoms. The third-order valence-corrected chi connectivity index (χ3v) is 3.44. The van der Waals surface area contributed by atoms with E-state index in [9.17, 15) is 18.3 Å². The van der Waals surface area contributed by atoms with Crippen molar-refractivity contribution in [1.82, 2.24) is 0 Å². The van der Waals surface area contributed by atoms with Crippen molar-refractivity contribution in [3.63, 3.8) is 0 Å². The van der Waals surface area contributed by atoms with Crippen molar-refractivity contribution in [2.45, 2.75) is 20.0 Å². The summed E-state index contributed by atoms with van der Waals surface area (Å²) in [5, 5.41) is 10.3. The maximum absolute atomic E-state index is 13.8. The third kappa shape index (κ3) is 2.74. The fourth-order valence-electron chi connectivity index (χ4n) is 2.25. The minimum atomic E-state index is -1.59. The number of halogens is 3. The van der Waals surface area contributed by atoms with Crippen LogP contribution in [0.15, 0.2) is 24.3 Å². The molecule has 0 spiro atoms. The van der Waals surface area contributed by atoms with Crippen LogP contribution in [0, 0.1) is 31.3 Å². The molecule has 0 aliphatic carbocycles. The number of rotatable bonds is 3. The van der Waals surface area contributed by atoms with Gasteiger partial charge in [0.2, 0.25) is 0 Å². The molecular formula is C16H15F3O2. The molecule has 1 atom stereocenters. The van der Waals surface area contributed by atoms with Gasteiger partial charge in [-0.15, -0.1) is 0 Å². The molecule has 2 rings (SSSR count). The minimum absolute atomic E-state index is 0.304. The Balaban J connectivity index is 2.53. The fourth-order valence-corrected chi connectivity index (χ4v) is 2.25. The Morgan fingerprint density at radius 2 is 1.62 bits per heavy atom. The van der Waals surface area contributed by atoms with Gasteiger partial charge in [0.25, 0.3) is 0 Å². The van der Waals surface area contributed by atoms with Gasteiger partial charge in [-0.25, -0.2) is 13.2 Å². The van der Waals surface area contributed by atoms with E-state index in [2.05, 4.69) is 0 Å². The van der Waals surface area contributed by atoms with E-state index in [-0.39, 0.29) is 5.56 Å². The maximum Gasteiger partial charge on any atom is 0.194 e. The van der Waals surface area contributed by atoms with E-state index in [0.717, 1.165) is 17.7 Å². The zero-order valence-corrected chi connectivity index (χ0v) is 11.9. The van der Waals surface area contributed by atoms with Gasteiger partial charge < -0.3 is 9.84 Å². The number of benzene rings is 2. The Labute approximate surface area is 120 Å². The molecule has 2 aromatic carbocycles. The quantitative estimate of drug-likeness (QED) is 0.873. The predicted octanol–water partition coefficient (Wildman–Crippen LogP) is 3.81. The first-order valence-electron chi connectivity index (χ1n) is 6.33. The molecule has 0 fully saturated rings. The lowest BCUT2D eigenvalue weighted by molar-refractivity contribution is 0.211. The van der Waals surface area contributed by atoms with Crippen LogP contribution in [-0.2, 0) is 0 Å². The summed E-state index contributed by atoms with van der Waals surface area (Å²) in [5.74, 6) is -3.62. The molecule has 0 bridgehead atoms. The van der Waals surface area contributed by atoms with Crippen LogP contribution in [-0.4, -0.2) is 12.2 Å². The van der Waals surface area contributed by atoms with Crippen molar-refractivity contribution < 1.29 is 23.0 Å². The Morgan fingerprint density at radius 3 is 2.24 bits per heavy atom. The van der Waals surface area contributed by atoms with Gasteiger partial charge in [0, 0.05) is 5.56 Å². The Kier molecular flexibility index (Phi) is 4.23. The SMILES string of the molecule is COc1cc(C)c(C(O)c2ccc(F)c(F)c2F)cc1C. The Bertz CT molecular complexity index is 684. The average Bonchev–Trinajstić information content (AvgIpc) is 2.46. The first-order valence-corrected chi connectivity index (χ1v) is 6.33. The summed E-state index contributed by atoms with van der Waals surface area (Å²) in [5.41, 5.74) is 1.52. The number of aliphatic hydroxyl groups is 1. The van der Waals surface area contributed by atoms with Crippen LogP contribution in [0.2, 0.25) is 0 Å². The molecule has 2 aromatic rings. The summed E-state index contributed by atoms with van der Waals surface area (Å²) in [6, 6.07) is 5.17. The summed E-state index contributed by atoms with van der Waals surface area (Å²) in [6.07, 6.45) is -1.38. The summed E-state index contributed by atoms with van der Waals surface area (Å²) in [6.45, 7) is 3.49. The van der Waals surface area contributed by atoms with Gasteiger partial charge in [-0.2, -0.15) is 0 Å². The van der Waals surface area contributed by atoms with Gasteiger partial charge in [-0.1, -0.05) is 6.07 Å². The van der Waals surface area contributed by atoms with Crippen LogP contribution in [0.25, 0.3) is 0 Å². The monoisotopic (exact) mass is 296 g/mol. The van der Waals surface area contributed by atoms with Crippen molar-refractivity contribution >= 4 is 0 Å². The first kappa shape index (κ1) is 15.4. The second-order valence-corrected chi connectivity index (χ2v) is 4.85. The number of hydrogen-bond acceptors (Lipinski definition) is 2. The molecule has 0 amide bonds. The number of aryl methyl sites for hydroxylation is 2. The van der Waals surface area contributed by atoms with Gasteiger partial charge in [0.05, 0.1) is 7.11 Å². The number of aliphatic hydroxyl groups excluding tert-OH is 1. The lowest BCUT2D eigenvalue weighted by Crippen LogP contribution is -2.08. The van der Waals surface area contributed by atoms with Crippen molar-refractivity contribution in [3.8, 4) is 5.75 Å². The predicted molar refractivity (Wildman–Crippen MR) is 72.8 cm³/mol. The van der Waals surface area contributed by atoms with Crippen LogP contribution < -0.4 is 4.74 Å². The molecule has 1 N–H and O–H groups in total. The van der Waals surface area contributed by atoms with E-state index in [1.807, 2.05) is 0 Å². The van der Waals surface area contributed by atoms with E-state index in [1.54, 1.807) is 26.0 Å². The second-order valence-electron chi connectivity index (χ2n) is 4.85. The Morgan fingerprint density at radius 1 is 0.952 bits per heavy atom. The topological polar surface area (TPSA) is 29.5 Å². The highest BCUT2D eigenvalue weighted by Gasteiger charge is 2.22. The van der Waals surface area contributed by atoms with Gasteiger partial charge in [0.1, 0.15) is 11.9 Å². The van der Waals surface area contributed by atoms with Crippen LogP contribution in [0.1, 0.15) is 28.4 Å². The van der Waals surface area contributed by atoms with E-state index in [0.29, 0.717) is 16.9 Å². The first-order chi connectivity index (χ1) is 9.86. The molecule has 0 saturated carbocycles. The molecule has 0 heterocycles. The normalized spacial score (nSPS) is 12.3. The van der Waals surface area contributed by atoms with Gasteiger partial charge in [-0.05, 0) is 48.7 Å². The van der Waals surface area contributed by atoms with Gasteiger partial charge >= 0.3 is 0 Å². The van der Waals surface area contributed by atoms with E-state index >= 15 is 0 Å². The van der Waals surface area contributed by atoms with Crippen molar-refractivity contribution in [2.24, 2.45) is 0 Å². The number of hydrogen-bond donors (Lipinski definition) is 1. The average molecular weight is 296 g/mol. The van der Waals surface area contributed by atoms with Crippen molar-refractivity contribution in [2.75, 3.05) is 7.11 Å². The zero-order chi connectivity index (χ0) is 15.7. The summed E-state index contributed by atoms with van der Waals surface area (Å²) >= 11 is 0. The smallest absolute Gasteiger partial charge is 0.194 e. The van der Waals surface area contributed by atoms with Crippen molar-refractivity contribution in [3.05, 3.63) is 64.0 Å². The number of ether oxygens (including phenoxy) is 1. The van der Waals surface area contributed by atoms with E-state index in [4.69, 9.17) is 4.74 Å².